The number of aromatic nitrogens is 2. The summed E-state index contributed by atoms with van der Waals surface area (Å²) in [4.78, 5) is 4.86. The molecular weight excluding hydrogens is 262 g/mol. The lowest BCUT2D eigenvalue weighted by Crippen LogP contribution is -2.46. The van der Waals surface area contributed by atoms with Crippen molar-refractivity contribution in [1.82, 2.24) is 15.1 Å². The lowest BCUT2D eigenvalue weighted by Gasteiger charge is -2.39. The minimum Gasteiger partial charge on any atom is -0.355 e. The van der Waals surface area contributed by atoms with Crippen LogP contribution in [-0.4, -0.2) is 47.3 Å². The predicted octanol–water partition coefficient (Wildman–Crippen LogP) is 2.07. The Morgan fingerprint density at radius 3 is 2.71 bits per heavy atom. The van der Waals surface area contributed by atoms with E-state index in [0.29, 0.717) is 12.1 Å². The molecule has 1 aromatic heterocycles. The van der Waals surface area contributed by atoms with Gasteiger partial charge in [0.1, 0.15) is 0 Å². The maximum atomic E-state index is 9.04. The maximum Gasteiger partial charge on any atom is 0.151 e. The summed E-state index contributed by atoms with van der Waals surface area (Å²) in [5, 5.41) is 17.2. The molecule has 112 valence electrons. The van der Waals surface area contributed by atoms with Crippen molar-refractivity contribution in [2.45, 2.75) is 44.2 Å². The standard InChI is InChI=1S/C16H23N5/c1-20(16-3-2-8-18-19-16)14-6-9-21(10-7-14)15-5-4-13(11-15)12-17/h2-3,8,13-15H,4-7,9-11H2,1H3. The van der Waals surface area contributed by atoms with Crippen LogP contribution >= 0.6 is 0 Å². The SMILES string of the molecule is CN(c1cccnn1)C1CCN(C2CCC(C#N)C2)CC1. The Morgan fingerprint density at radius 1 is 1.29 bits per heavy atom. The van der Waals surface area contributed by atoms with Crippen molar-refractivity contribution in [3.63, 3.8) is 0 Å². The van der Waals surface area contributed by atoms with Gasteiger partial charge in [-0.1, -0.05) is 0 Å². The molecule has 0 N–H and O–H groups in total. The minimum absolute atomic E-state index is 0.287. The molecule has 3 rings (SSSR count). The molecule has 0 radical (unpaired) electrons. The number of nitriles is 1. The molecular formula is C16H23N5. The Hall–Kier alpha value is -1.67. The number of likely N-dealkylation sites (tertiary alicyclic amines) is 1. The van der Waals surface area contributed by atoms with Crippen LogP contribution in [0.25, 0.3) is 0 Å². The van der Waals surface area contributed by atoms with Crippen molar-refractivity contribution < 1.29 is 0 Å². The molecule has 0 spiro atoms. The van der Waals surface area contributed by atoms with Gasteiger partial charge in [-0.25, -0.2) is 0 Å². The van der Waals surface area contributed by atoms with E-state index in [1.807, 2.05) is 12.1 Å². The van der Waals surface area contributed by atoms with Gasteiger partial charge < -0.3 is 9.80 Å². The van der Waals surface area contributed by atoms with Crippen molar-refractivity contribution in [3.05, 3.63) is 18.3 Å². The second-order valence-electron chi connectivity index (χ2n) is 6.25. The first-order valence-electron chi connectivity index (χ1n) is 7.92. The first-order chi connectivity index (χ1) is 10.3. The lowest BCUT2D eigenvalue weighted by atomic mass is 10.0. The average molecular weight is 285 g/mol. The van der Waals surface area contributed by atoms with Gasteiger partial charge in [-0.15, -0.1) is 5.10 Å². The summed E-state index contributed by atoms with van der Waals surface area (Å²) in [5.74, 6) is 1.25. The average Bonchev–Trinajstić information content (AvgIpc) is 3.04. The van der Waals surface area contributed by atoms with Crippen LogP contribution in [0.2, 0.25) is 0 Å². The number of rotatable bonds is 3. The number of hydrogen-bond acceptors (Lipinski definition) is 5. The van der Waals surface area contributed by atoms with Gasteiger partial charge in [-0.05, 0) is 44.2 Å². The minimum atomic E-state index is 0.287. The Balaban J connectivity index is 1.53. The van der Waals surface area contributed by atoms with Crippen molar-refractivity contribution in [2.24, 2.45) is 5.92 Å². The molecule has 0 aromatic carbocycles. The molecule has 0 bridgehead atoms. The van der Waals surface area contributed by atoms with Crippen LogP contribution in [0.15, 0.2) is 18.3 Å². The number of piperidine rings is 1. The highest BCUT2D eigenvalue weighted by Gasteiger charge is 2.32. The van der Waals surface area contributed by atoms with Crippen LogP contribution in [0.1, 0.15) is 32.1 Å². The molecule has 5 nitrogen and oxygen atoms in total. The largest absolute Gasteiger partial charge is 0.355 e. The van der Waals surface area contributed by atoms with Crippen LogP contribution in [0.3, 0.4) is 0 Å². The topological polar surface area (TPSA) is 56.1 Å². The van der Waals surface area contributed by atoms with Gasteiger partial charge in [0, 0.05) is 44.3 Å². The molecule has 2 fully saturated rings. The van der Waals surface area contributed by atoms with Gasteiger partial charge in [0.15, 0.2) is 5.82 Å². The third-order valence-corrected chi connectivity index (χ3v) is 5.07. The van der Waals surface area contributed by atoms with Crippen LogP contribution in [0.4, 0.5) is 5.82 Å². The van der Waals surface area contributed by atoms with Crippen LogP contribution < -0.4 is 4.90 Å². The zero-order chi connectivity index (χ0) is 14.7. The number of hydrogen-bond donors (Lipinski definition) is 0. The van der Waals surface area contributed by atoms with E-state index in [1.54, 1.807) is 6.20 Å². The monoisotopic (exact) mass is 285 g/mol. The van der Waals surface area contributed by atoms with E-state index >= 15 is 0 Å². The molecule has 2 atom stereocenters. The summed E-state index contributed by atoms with van der Waals surface area (Å²) >= 11 is 0. The van der Waals surface area contributed by atoms with Gasteiger partial charge in [-0.3, -0.25) is 0 Å². The summed E-state index contributed by atoms with van der Waals surface area (Å²) < 4.78 is 0. The third-order valence-electron chi connectivity index (χ3n) is 5.07. The molecule has 1 saturated carbocycles. The fourth-order valence-electron chi connectivity index (χ4n) is 3.71. The highest BCUT2D eigenvalue weighted by molar-refractivity contribution is 5.36. The highest BCUT2D eigenvalue weighted by atomic mass is 15.3. The first-order valence-corrected chi connectivity index (χ1v) is 7.92. The second-order valence-corrected chi connectivity index (χ2v) is 6.25. The second kappa shape index (κ2) is 6.40. The van der Waals surface area contributed by atoms with E-state index in [0.717, 1.165) is 31.7 Å². The zero-order valence-electron chi connectivity index (χ0n) is 12.6. The molecule has 1 saturated heterocycles. The molecule has 2 aliphatic rings. The third kappa shape index (κ3) is 3.16. The summed E-state index contributed by atoms with van der Waals surface area (Å²) in [7, 11) is 2.12. The first kappa shape index (κ1) is 14.3. The summed E-state index contributed by atoms with van der Waals surface area (Å²) in [6.45, 7) is 2.27. The summed E-state index contributed by atoms with van der Waals surface area (Å²) in [5.41, 5.74) is 0. The lowest BCUT2D eigenvalue weighted by molar-refractivity contribution is 0.152. The molecule has 21 heavy (non-hydrogen) atoms. The number of nitrogens with zero attached hydrogens (tertiary/aromatic N) is 5. The van der Waals surface area contributed by atoms with E-state index in [1.165, 1.54) is 19.3 Å². The predicted molar refractivity (Wildman–Crippen MR) is 81.8 cm³/mol. The number of anilines is 1. The van der Waals surface area contributed by atoms with Gasteiger partial charge >= 0.3 is 0 Å². The summed E-state index contributed by atoms with van der Waals surface area (Å²) in [6, 6.07) is 7.58. The summed E-state index contributed by atoms with van der Waals surface area (Å²) in [6.07, 6.45) is 7.40. The Labute approximate surface area is 126 Å². The van der Waals surface area contributed by atoms with E-state index in [9.17, 15) is 0 Å². The van der Waals surface area contributed by atoms with Crippen LogP contribution in [0, 0.1) is 17.2 Å². The van der Waals surface area contributed by atoms with Gasteiger partial charge in [-0.2, -0.15) is 10.4 Å². The Morgan fingerprint density at radius 2 is 2.10 bits per heavy atom. The molecule has 0 amide bonds. The zero-order valence-corrected chi connectivity index (χ0v) is 12.6. The van der Waals surface area contributed by atoms with E-state index in [-0.39, 0.29) is 5.92 Å². The molecule has 1 aliphatic heterocycles. The van der Waals surface area contributed by atoms with E-state index in [4.69, 9.17) is 5.26 Å². The maximum absolute atomic E-state index is 9.04. The fourth-order valence-corrected chi connectivity index (χ4v) is 3.71. The van der Waals surface area contributed by atoms with Gasteiger partial charge in [0.25, 0.3) is 0 Å². The van der Waals surface area contributed by atoms with Crippen LogP contribution in [-0.2, 0) is 0 Å². The van der Waals surface area contributed by atoms with Gasteiger partial charge in [0.05, 0.1) is 6.07 Å². The molecule has 1 aliphatic carbocycles. The highest BCUT2D eigenvalue weighted by Crippen LogP contribution is 2.31. The van der Waals surface area contributed by atoms with Crippen molar-refractivity contribution >= 4 is 5.82 Å². The quantitative estimate of drug-likeness (QED) is 0.851. The molecule has 1 aromatic rings. The van der Waals surface area contributed by atoms with Crippen molar-refractivity contribution in [3.8, 4) is 6.07 Å². The Bertz CT molecular complexity index is 489. The molecule has 5 heteroatoms. The Kier molecular flexibility index (Phi) is 4.35. The normalized spacial score (nSPS) is 27.4. The van der Waals surface area contributed by atoms with Crippen molar-refractivity contribution in [1.29, 1.82) is 5.26 Å². The smallest absolute Gasteiger partial charge is 0.151 e. The van der Waals surface area contributed by atoms with E-state index < -0.39 is 0 Å². The van der Waals surface area contributed by atoms with Crippen LogP contribution in [0.5, 0.6) is 0 Å². The fraction of sp³-hybridized carbons (Fsp3) is 0.688. The van der Waals surface area contributed by atoms with Crippen molar-refractivity contribution in [2.75, 3.05) is 25.0 Å². The van der Waals surface area contributed by atoms with E-state index in [2.05, 4.69) is 33.1 Å². The molecule has 2 heterocycles. The molecule has 2 unspecified atom stereocenters. The van der Waals surface area contributed by atoms with Gasteiger partial charge in [0.2, 0.25) is 0 Å².